The largest absolute Gasteiger partial charge is 0.495 e. The molecular weight excluding hydrogens is 598 g/mol. The van der Waals surface area contributed by atoms with Crippen LogP contribution in [0, 0.1) is 0 Å². The van der Waals surface area contributed by atoms with E-state index in [-0.39, 0.29) is 5.56 Å². The van der Waals surface area contributed by atoms with Crippen LogP contribution in [0.1, 0.15) is 30.3 Å². The molecule has 0 unspecified atom stereocenters. The number of rotatable bonds is 10. The fraction of sp³-hybridized carbons (Fsp3) is 0.152. The molecule has 11 heteroatoms. The molecule has 0 spiro atoms. The SMILES string of the molecule is CCCOc1ccc(/C=C/c2nc3s/c(=C\c4cn(-c5ccccc5)nc4-c4ccc(OC)c(Cl)c4)c(=O)n3n2)cc1OC. The van der Waals surface area contributed by atoms with Gasteiger partial charge in [-0.05, 0) is 66.6 Å². The Hall–Kier alpha value is -4.93. The van der Waals surface area contributed by atoms with Gasteiger partial charge in [0.2, 0.25) is 4.96 Å². The molecule has 0 saturated heterocycles. The zero-order valence-corrected chi connectivity index (χ0v) is 25.8. The van der Waals surface area contributed by atoms with E-state index in [1.54, 1.807) is 37.1 Å². The molecule has 0 fully saturated rings. The third kappa shape index (κ3) is 5.95. The minimum absolute atomic E-state index is 0.262. The summed E-state index contributed by atoms with van der Waals surface area (Å²) < 4.78 is 20.1. The first-order valence-corrected chi connectivity index (χ1v) is 15.1. The number of nitrogens with zero attached hydrogens (tertiary/aromatic N) is 5. The Balaban J connectivity index is 1.34. The van der Waals surface area contributed by atoms with E-state index in [4.69, 9.17) is 30.9 Å². The number of ether oxygens (including phenoxy) is 3. The van der Waals surface area contributed by atoms with Gasteiger partial charge in [-0.2, -0.15) is 14.6 Å². The van der Waals surface area contributed by atoms with Gasteiger partial charge in [0.1, 0.15) is 11.4 Å². The highest BCUT2D eigenvalue weighted by atomic mass is 35.5. The number of fused-ring (bicyclic) bond motifs is 1. The highest BCUT2D eigenvalue weighted by Crippen LogP contribution is 2.32. The monoisotopic (exact) mass is 625 g/mol. The van der Waals surface area contributed by atoms with Crippen molar-refractivity contribution < 1.29 is 14.2 Å². The first-order chi connectivity index (χ1) is 21.5. The first kappa shape index (κ1) is 29.2. The average molecular weight is 626 g/mol. The molecule has 0 radical (unpaired) electrons. The molecule has 6 aromatic rings. The van der Waals surface area contributed by atoms with Gasteiger partial charge in [-0.25, -0.2) is 4.68 Å². The van der Waals surface area contributed by atoms with Crippen LogP contribution in [0.5, 0.6) is 17.2 Å². The molecule has 0 N–H and O–H groups in total. The third-order valence-electron chi connectivity index (χ3n) is 6.75. The molecule has 3 aromatic carbocycles. The standard InChI is InChI=1S/C33H28ClN5O4S/c1-4-16-43-27-13-10-21(17-28(27)42-3)11-15-30-35-33-39(36-30)32(40)29(44-33)19-23-20-38(24-8-6-5-7-9-24)37-31(23)22-12-14-26(41-2)25(34)18-22/h5-15,17-20H,4,16H2,1-3H3/b15-11+,29-19-. The predicted molar refractivity (Wildman–Crippen MR) is 174 cm³/mol. The number of benzene rings is 3. The van der Waals surface area contributed by atoms with Gasteiger partial charge in [-0.15, -0.1) is 5.10 Å². The number of hydrogen-bond donors (Lipinski definition) is 0. The van der Waals surface area contributed by atoms with Gasteiger partial charge >= 0.3 is 0 Å². The van der Waals surface area contributed by atoms with Crippen LogP contribution in [0.2, 0.25) is 5.02 Å². The first-order valence-electron chi connectivity index (χ1n) is 13.9. The van der Waals surface area contributed by atoms with Gasteiger partial charge in [0, 0.05) is 17.3 Å². The summed E-state index contributed by atoms with van der Waals surface area (Å²) in [6, 6.07) is 20.9. The fourth-order valence-corrected chi connectivity index (χ4v) is 5.76. The summed E-state index contributed by atoms with van der Waals surface area (Å²) >= 11 is 7.71. The van der Waals surface area contributed by atoms with Gasteiger partial charge in [0.05, 0.1) is 36.1 Å². The zero-order chi connectivity index (χ0) is 30.6. The number of hydrogen-bond acceptors (Lipinski definition) is 8. The Morgan fingerprint density at radius 1 is 0.932 bits per heavy atom. The summed E-state index contributed by atoms with van der Waals surface area (Å²) in [5.41, 5.74) is 3.72. The highest BCUT2D eigenvalue weighted by Gasteiger charge is 2.15. The molecule has 9 nitrogen and oxygen atoms in total. The minimum Gasteiger partial charge on any atom is -0.495 e. The van der Waals surface area contributed by atoms with Crippen LogP contribution in [0.4, 0.5) is 0 Å². The lowest BCUT2D eigenvalue weighted by Gasteiger charge is -2.10. The van der Waals surface area contributed by atoms with Crippen LogP contribution in [-0.2, 0) is 0 Å². The number of halogens is 1. The Kier molecular flexibility index (Phi) is 8.44. The molecule has 0 bridgehead atoms. The lowest BCUT2D eigenvalue weighted by atomic mass is 10.1. The molecule has 3 aromatic heterocycles. The van der Waals surface area contributed by atoms with Crippen LogP contribution in [0.3, 0.4) is 0 Å². The second-order valence-electron chi connectivity index (χ2n) is 9.73. The van der Waals surface area contributed by atoms with Gasteiger partial charge in [-0.3, -0.25) is 4.79 Å². The Labute approximate surface area is 262 Å². The van der Waals surface area contributed by atoms with E-state index in [1.165, 1.54) is 15.9 Å². The third-order valence-corrected chi connectivity index (χ3v) is 8.00. The van der Waals surface area contributed by atoms with Crippen molar-refractivity contribution in [2.24, 2.45) is 0 Å². The maximum atomic E-state index is 13.4. The molecule has 0 atom stereocenters. The zero-order valence-electron chi connectivity index (χ0n) is 24.2. The van der Waals surface area contributed by atoms with Crippen LogP contribution < -0.4 is 24.3 Å². The van der Waals surface area contributed by atoms with Crippen LogP contribution >= 0.6 is 22.9 Å². The number of aromatic nitrogens is 5. The Morgan fingerprint density at radius 2 is 1.73 bits per heavy atom. The predicted octanol–water partition coefficient (Wildman–Crippen LogP) is 6.18. The number of para-hydroxylation sites is 1. The second-order valence-corrected chi connectivity index (χ2v) is 11.2. The smallest absolute Gasteiger partial charge is 0.291 e. The average Bonchev–Trinajstić information content (AvgIpc) is 3.74. The summed E-state index contributed by atoms with van der Waals surface area (Å²) in [7, 11) is 3.18. The second kappa shape index (κ2) is 12.7. The van der Waals surface area contributed by atoms with E-state index < -0.39 is 0 Å². The summed E-state index contributed by atoms with van der Waals surface area (Å²) in [6.07, 6.45) is 8.24. The maximum Gasteiger partial charge on any atom is 0.291 e. The van der Waals surface area contributed by atoms with Crippen molar-refractivity contribution in [2.45, 2.75) is 13.3 Å². The van der Waals surface area contributed by atoms with Crippen molar-refractivity contribution in [3.8, 4) is 34.2 Å². The number of thiazole rings is 1. The van der Waals surface area contributed by atoms with Gasteiger partial charge in [0.25, 0.3) is 5.56 Å². The molecule has 0 aliphatic heterocycles. The molecule has 6 rings (SSSR count). The normalized spacial score (nSPS) is 12.0. The summed E-state index contributed by atoms with van der Waals surface area (Å²) in [6.45, 7) is 2.67. The molecule has 0 saturated carbocycles. The van der Waals surface area contributed by atoms with Crippen molar-refractivity contribution in [3.05, 3.63) is 110 Å². The van der Waals surface area contributed by atoms with E-state index >= 15 is 0 Å². The summed E-state index contributed by atoms with van der Waals surface area (Å²) in [5, 5.41) is 9.75. The Morgan fingerprint density at radius 3 is 2.45 bits per heavy atom. The molecule has 0 aliphatic carbocycles. The number of methoxy groups -OCH3 is 2. The van der Waals surface area contributed by atoms with Crippen molar-refractivity contribution in [1.82, 2.24) is 24.4 Å². The van der Waals surface area contributed by atoms with E-state index in [0.717, 1.165) is 28.8 Å². The van der Waals surface area contributed by atoms with Crippen molar-refractivity contribution >= 4 is 46.1 Å². The molecular formula is C33H28ClN5O4S. The highest BCUT2D eigenvalue weighted by molar-refractivity contribution is 7.15. The van der Waals surface area contributed by atoms with E-state index in [9.17, 15) is 4.79 Å². The molecule has 0 amide bonds. The lowest BCUT2D eigenvalue weighted by molar-refractivity contribution is 0.294. The molecule has 0 aliphatic rings. The van der Waals surface area contributed by atoms with Crippen molar-refractivity contribution in [3.63, 3.8) is 0 Å². The summed E-state index contributed by atoms with van der Waals surface area (Å²) in [5.74, 6) is 2.33. The maximum absolute atomic E-state index is 13.4. The molecule has 222 valence electrons. The Bertz CT molecular complexity index is 2080. The van der Waals surface area contributed by atoms with Gasteiger partial charge in [-0.1, -0.05) is 60.2 Å². The van der Waals surface area contributed by atoms with Crippen molar-refractivity contribution in [1.29, 1.82) is 0 Å². The van der Waals surface area contributed by atoms with Crippen LogP contribution in [-0.4, -0.2) is 45.2 Å². The van der Waals surface area contributed by atoms with Gasteiger partial charge in [0.15, 0.2) is 17.3 Å². The minimum atomic E-state index is -0.262. The van der Waals surface area contributed by atoms with E-state index in [1.807, 2.05) is 72.9 Å². The quantitative estimate of drug-likeness (QED) is 0.179. The van der Waals surface area contributed by atoms with Crippen LogP contribution in [0.25, 0.3) is 40.1 Å². The topological polar surface area (TPSA) is 92.8 Å². The summed E-state index contributed by atoms with van der Waals surface area (Å²) in [4.78, 5) is 18.5. The lowest BCUT2D eigenvalue weighted by Crippen LogP contribution is -2.23. The van der Waals surface area contributed by atoms with Crippen LogP contribution in [0.15, 0.2) is 77.7 Å². The molecule has 3 heterocycles. The van der Waals surface area contributed by atoms with Crippen molar-refractivity contribution in [2.75, 3.05) is 20.8 Å². The van der Waals surface area contributed by atoms with Gasteiger partial charge < -0.3 is 14.2 Å². The van der Waals surface area contributed by atoms with E-state index in [0.29, 0.717) is 49.9 Å². The van der Waals surface area contributed by atoms with E-state index in [2.05, 4.69) is 17.0 Å². The molecule has 44 heavy (non-hydrogen) atoms. The fourth-order valence-electron chi connectivity index (χ4n) is 4.59.